The number of aromatic nitrogens is 3. The van der Waals surface area contributed by atoms with Crippen molar-refractivity contribution in [2.75, 3.05) is 11.1 Å². The van der Waals surface area contributed by atoms with Crippen LogP contribution < -0.4 is 11.1 Å². The number of carbonyl (C=O) groups is 1. The Morgan fingerprint density at radius 1 is 1.50 bits per heavy atom. The minimum absolute atomic E-state index is 0.166. The number of para-hydroxylation sites is 1. The smallest absolute Gasteiger partial charge is 0.277 e. The molecule has 0 bridgehead atoms. The molecule has 0 saturated carbocycles. The van der Waals surface area contributed by atoms with E-state index < -0.39 is 5.91 Å². The first-order valence-corrected chi connectivity index (χ1v) is 4.77. The SMILES string of the molecule is Nc1cccc(Cl)c1NC(=O)c1cn[nH]n1. The standard InChI is InChI=1S/C9H8ClN5O/c10-5-2-1-3-6(11)8(5)13-9(16)7-4-12-15-14-7/h1-4H,11H2,(H,13,16)(H,12,14,15). The Hall–Kier alpha value is -2.08. The van der Waals surface area contributed by atoms with Crippen molar-refractivity contribution < 1.29 is 4.79 Å². The average Bonchev–Trinajstić information content (AvgIpc) is 2.76. The zero-order chi connectivity index (χ0) is 11.5. The number of nitrogens with two attached hydrogens (primary N) is 1. The number of amides is 1. The van der Waals surface area contributed by atoms with E-state index in [-0.39, 0.29) is 5.69 Å². The van der Waals surface area contributed by atoms with Crippen molar-refractivity contribution >= 4 is 28.9 Å². The number of halogens is 1. The molecule has 0 fully saturated rings. The van der Waals surface area contributed by atoms with E-state index >= 15 is 0 Å². The second kappa shape index (κ2) is 4.19. The highest BCUT2D eigenvalue weighted by molar-refractivity contribution is 6.34. The molecule has 0 aliphatic heterocycles. The van der Waals surface area contributed by atoms with Crippen molar-refractivity contribution in [2.24, 2.45) is 0 Å². The first-order valence-electron chi connectivity index (χ1n) is 4.39. The van der Waals surface area contributed by atoms with Crippen LogP contribution in [0.3, 0.4) is 0 Å². The minimum Gasteiger partial charge on any atom is -0.397 e. The molecule has 6 nitrogen and oxygen atoms in total. The molecule has 0 atom stereocenters. The molecule has 0 saturated heterocycles. The van der Waals surface area contributed by atoms with Crippen LogP contribution in [0.25, 0.3) is 0 Å². The van der Waals surface area contributed by atoms with E-state index in [0.717, 1.165) is 0 Å². The van der Waals surface area contributed by atoms with Crippen LogP contribution in [0.2, 0.25) is 5.02 Å². The fourth-order valence-corrected chi connectivity index (χ4v) is 1.39. The van der Waals surface area contributed by atoms with Gasteiger partial charge in [-0.3, -0.25) is 4.79 Å². The van der Waals surface area contributed by atoms with Gasteiger partial charge >= 0.3 is 0 Å². The zero-order valence-corrected chi connectivity index (χ0v) is 8.82. The van der Waals surface area contributed by atoms with Gasteiger partial charge in [-0.15, -0.1) is 0 Å². The number of anilines is 2. The number of aromatic amines is 1. The minimum atomic E-state index is -0.423. The van der Waals surface area contributed by atoms with Gasteiger partial charge in [-0.25, -0.2) is 0 Å². The van der Waals surface area contributed by atoms with Crippen LogP contribution in [0.15, 0.2) is 24.4 Å². The molecule has 2 aromatic rings. The maximum Gasteiger partial charge on any atom is 0.277 e. The molecular formula is C9H8ClN5O. The molecule has 0 aliphatic rings. The lowest BCUT2D eigenvalue weighted by Gasteiger charge is -2.08. The number of nitrogens with one attached hydrogen (secondary N) is 2. The van der Waals surface area contributed by atoms with E-state index in [2.05, 4.69) is 20.7 Å². The molecule has 1 heterocycles. The third kappa shape index (κ3) is 1.96. The fraction of sp³-hybridized carbons (Fsp3) is 0. The highest BCUT2D eigenvalue weighted by Gasteiger charge is 2.12. The summed E-state index contributed by atoms with van der Waals surface area (Å²) in [5.74, 6) is -0.423. The maximum absolute atomic E-state index is 11.6. The van der Waals surface area contributed by atoms with E-state index in [4.69, 9.17) is 17.3 Å². The van der Waals surface area contributed by atoms with E-state index in [1.54, 1.807) is 18.2 Å². The molecule has 1 amide bonds. The molecule has 0 unspecified atom stereocenters. The molecule has 4 N–H and O–H groups in total. The first kappa shape index (κ1) is 10.4. The number of rotatable bonds is 2. The second-order valence-electron chi connectivity index (χ2n) is 3.01. The van der Waals surface area contributed by atoms with Gasteiger partial charge in [-0.1, -0.05) is 17.7 Å². The van der Waals surface area contributed by atoms with Crippen LogP contribution in [-0.2, 0) is 0 Å². The summed E-state index contributed by atoms with van der Waals surface area (Å²) in [4.78, 5) is 11.6. The Morgan fingerprint density at radius 3 is 2.94 bits per heavy atom. The van der Waals surface area contributed by atoms with E-state index in [1.165, 1.54) is 6.20 Å². The normalized spacial score (nSPS) is 10.1. The summed E-state index contributed by atoms with van der Waals surface area (Å²) >= 11 is 5.90. The number of benzene rings is 1. The van der Waals surface area contributed by atoms with Gasteiger partial charge in [-0.05, 0) is 12.1 Å². The Kier molecular flexibility index (Phi) is 2.74. The number of nitrogen functional groups attached to an aromatic ring is 1. The lowest BCUT2D eigenvalue weighted by Crippen LogP contribution is -2.14. The first-order chi connectivity index (χ1) is 7.68. The van der Waals surface area contributed by atoms with Crippen LogP contribution in [0.5, 0.6) is 0 Å². The highest BCUT2D eigenvalue weighted by atomic mass is 35.5. The van der Waals surface area contributed by atoms with Gasteiger partial charge in [0.25, 0.3) is 5.91 Å². The summed E-state index contributed by atoms with van der Waals surface area (Å²) in [6.07, 6.45) is 1.31. The highest BCUT2D eigenvalue weighted by Crippen LogP contribution is 2.27. The zero-order valence-electron chi connectivity index (χ0n) is 8.07. The molecule has 82 valence electrons. The summed E-state index contributed by atoms with van der Waals surface area (Å²) in [6, 6.07) is 4.98. The van der Waals surface area contributed by atoms with Crippen molar-refractivity contribution in [3.63, 3.8) is 0 Å². The van der Waals surface area contributed by atoms with E-state index in [1.807, 2.05) is 0 Å². The monoisotopic (exact) mass is 237 g/mol. The Bertz CT molecular complexity index is 490. The van der Waals surface area contributed by atoms with Crippen molar-refractivity contribution in [3.8, 4) is 0 Å². The van der Waals surface area contributed by atoms with Crippen LogP contribution in [0.4, 0.5) is 11.4 Å². The fourth-order valence-electron chi connectivity index (χ4n) is 1.16. The van der Waals surface area contributed by atoms with Crippen molar-refractivity contribution in [3.05, 3.63) is 35.1 Å². The predicted molar refractivity (Wildman–Crippen MR) is 60.2 cm³/mol. The van der Waals surface area contributed by atoms with Crippen molar-refractivity contribution in [2.45, 2.75) is 0 Å². The van der Waals surface area contributed by atoms with E-state index in [0.29, 0.717) is 16.4 Å². The van der Waals surface area contributed by atoms with Gasteiger partial charge in [-0.2, -0.15) is 15.4 Å². The molecular weight excluding hydrogens is 230 g/mol. The van der Waals surface area contributed by atoms with Crippen LogP contribution in [0, 0.1) is 0 Å². The number of nitrogens with zero attached hydrogens (tertiary/aromatic N) is 2. The summed E-state index contributed by atoms with van der Waals surface area (Å²) < 4.78 is 0. The quantitative estimate of drug-likeness (QED) is 0.686. The number of H-pyrrole nitrogens is 1. The molecule has 0 radical (unpaired) electrons. The van der Waals surface area contributed by atoms with Crippen LogP contribution in [-0.4, -0.2) is 21.3 Å². The third-order valence-electron chi connectivity index (χ3n) is 1.93. The summed E-state index contributed by atoms with van der Waals surface area (Å²) in [6.45, 7) is 0. The van der Waals surface area contributed by atoms with Gasteiger partial charge in [0, 0.05) is 0 Å². The lowest BCUT2D eigenvalue weighted by atomic mass is 10.2. The third-order valence-corrected chi connectivity index (χ3v) is 2.25. The Labute approximate surface area is 95.8 Å². The maximum atomic E-state index is 11.6. The molecule has 0 aliphatic carbocycles. The topological polar surface area (TPSA) is 96.7 Å². The molecule has 16 heavy (non-hydrogen) atoms. The van der Waals surface area contributed by atoms with E-state index in [9.17, 15) is 4.79 Å². The number of carbonyl (C=O) groups excluding carboxylic acids is 1. The Morgan fingerprint density at radius 2 is 2.31 bits per heavy atom. The molecule has 7 heteroatoms. The van der Waals surface area contributed by atoms with Gasteiger partial charge in [0.15, 0.2) is 5.69 Å². The van der Waals surface area contributed by atoms with Crippen LogP contribution in [0.1, 0.15) is 10.5 Å². The summed E-state index contributed by atoms with van der Waals surface area (Å²) in [7, 11) is 0. The van der Waals surface area contributed by atoms with Crippen molar-refractivity contribution in [1.29, 1.82) is 0 Å². The second-order valence-corrected chi connectivity index (χ2v) is 3.42. The van der Waals surface area contributed by atoms with Gasteiger partial charge in [0.05, 0.1) is 22.6 Å². The lowest BCUT2D eigenvalue weighted by molar-refractivity contribution is 0.102. The van der Waals surface area contributed by atoms with Crippen molar-refractivity contribution in [1.82, 2.24) is 15.4 Å². The van der Waals surface area contributed by atoms with Gasteiger partial charge in [0.1, 0.15) is 0 Å². The average molecular weight is 238 g/mol. The van der Waals surface area contributed by atoms with Gasteiger partial charge in [0.2, 0.25) is 0 Å². The molecule has 1 aromatic carbocycles. The molecule has 1 aromatic heterocycles. The Balaban J connectivity index is 2.25. The van der Waals surface area contributed by atoms with Crippen LogP contribution >= 0.6 is 11.6 Å². The number of hydrogen-bond donors (Lipinski definition) is 3. The summed E-state index contributed by atoms with van der Waals surface area (Å²) in [5.41, 5.74) is 6.61. The molecule has 0 spiro atoms. The van der Waals surface area contributed by atoms with Gasteiger partial charge < -0.3 is 11.1 Å². The largest absolute Gasteiger partial charge is 0.397 e. The molecule has 2 rings (SSSR count). The summed E-state index contributed by atoms with van der Waals surface area (Å²) in [5, 5.41) is 12.4. The predicted octanol–water partition coefficient (Wildman–Crippen LogP) is 1.29. The number of hydrogen-bond acceptors (Lipinski definition) is 4.